The zero-order chi connectivity index (χ0) is 16.9. The van der Waals surface area contributed by atoms with Gasteiger partial charge in [0.15, 0.2) is 10.9 Å². The molecule has 132 valence electrons. The summed E-state index contributed by atoms with van der Waals surface area (Å²) < 4.78 is 7.55. The fourth-order valence-electron chi connectivity index (χ4n) is 5.74. The van der Waals surface area contributed by atoms with E-state index in [1.807, 2.05) is 18.2 Å². The van der Waals surface area contributed by atoms with Crippen LogP contribution in [0.3, 0.4) is 0 Å². The lowest BCUT2D eigenvalue weighted by Crippen LogP contribution is -2.52. The summed E-state index contributed by atoms with van der Waals surface area (Å²) in [5, 5.41) is 11.8. The van der Waals surface area contributed by atoms with E-state index in [1.54, 1.807) is 6.26 Å². The van der Waals surface area contributed by atoms with Crippen molar-refractivity contribution in [3.05, 3.63) is 36.4 Å². The van der Waals surface area contributed by atoms with E-state index in [1.165, 1.54) is 38.5 Å². The Labute approximate surface area is 153 Å². The zero-order valence-electron chi connectivity index (χ0n) is 14.3. The first-order chi connectivity index (χ1) is 12.2. The van der Waals surface area contributed by atoms with E-state index in [-0.39, 0.29) is 5.54 Å². The molecule has 0 radical (unpaired) electrons. The van der Waals surface area contributed by atoms with E-state index in [4.69, 9.17) is 21.7 Å². The Kier molecular flexibility index (Phi) is 3.62. The molecule has 0 atom stereocenters. The van der Waals surface area contributed by atoms with Gasteiger partial charge in [0.25, 0.3) is 0 Å². The summed E-state index contributed by atoms with van der Waals surface area (Å²) in [6, 6.07) is 5.84. The molecule has 2 aromatic heterocycles. The highest BCUT2D eigenvalue weighted by Gasteiger charge is 2.52. The minimum Gasteiger partial charge on any atom is -0.467 e. The van der Waals surface area contributed by atoms with Gasteiger partial charge in [0.05, 0.1) is 18.3 Å². The molecule has 0 saturated heterocycles. The van der Waals surface area contributed by atoms with Gasteiger partial charge in [0.2, 0.25) is 0 Å². The number of rotatable bonds is 4. The van der Waals surface area contributed by atoms with E-state index in [2.05, 4.69) is 21.5 Å². The van der Waals surface area contributed by atoms with Gasteiger partial charge in [-0.2, -0.15) is 5.10 Å². The van der Waals surface area contributed by atoms with Crippen molar-refractivity contribution in [2.24, 2.45) is 17.8 Å². The topological polar surface area (TPSA) is 55.0 Å². The molecule has 4 saturated carbocycles. The molecule has 0 spiro atoms. The van der Waals surface area contributed by atoms with E-state index < -0.39 is 0 Å². The normalized spacial score (nSPS) is 32.7. The molecule has 0 amide bonds. The molecule has 4 fully saturated rings. The first kappa shape index (κ1) is 15.4. The third kappa shape index (κ3) is 2.86. The van der Waals surface area contributed by atoms with E-state index in [0.717, 1.165) is 29.3 Å². The fraction of sp³-hybridized carbons (Fsp3) is 0.579. The van der Waals surface area contributed by atoms with Crippen molar-refractivity contribution in [2.45, 2.75) is 50.6 Å². The van der Waals surface area contributed by atoms with Crippen LogP contribution in [-0.2, 0) is 12.1 Å². The number of hydrogen-bond donors (Lipinski definition) is 2. The predicted molar refractivity (Wildman–Crippen MR) is 100 cm³/mol. The first-order valence-electron chi connectivity index (χ1n) is 9.32. The molecule has 2 heterocycles. The summed E-state index contributed by atoms with van der Waals surface area (Å²) in [7, 11) is 0. The van der Waals surface area contributed by atoms with Crippen LogP contribution < -0.4 is 10.6 Å². The Morgan fingerprint density at radius 3 is 2.56 bits per heavy atom. The van der Waals surface area contributed by atoms with Crippen LogP contribution in [0.1, 0.15) is 44.3 Å². The molecule has 4 bridgehead atoms. The Morgan fingerprint density at radius 1 is 1.20 bits per heavy atom. The van der Waals surface area contributed by atoms with Gasteiger partial charge in [-0.25, -0.2) is 0 Å². The van der Waals surface area contributed by atoms with Crippen molar-refractivity contribution in [3.63, 3.8) is 0 Å². The summed E-state index contributed by atoms with van der Waals surface area (Å²) in [5.41, 5.74) is 0.262. The van der Waals surface area contributed by atoms with Crippen molar-refractivity contribution in [2.75, 3.05) is 5.32 Å². The number of anilines is 1. The largest absolute Gasteiger partial charge is 0.467 e. The third-order valence-corrected chi connectivity index (χ3v) is 6.57. The summed E-state index contributed by atoms with van der Waals surface area (Å²) in [4.78, 5) is 0. The standard InChI is InChI=1S/C19H24N4OS/c25-18(20-12-16-2-1-5-24-16)21-17-3-4-23(22-17)19-9-13-6-14(10-19)8-15(7-13)11-19/h1-5,13-15H,6-12H2,(H2,20,21,22,25). The predicted octanol–water partition coefficient (Wildman–Crippen LogP) is 3.89. The lowest BCUT2D eigenvalue weighted by atomic mass is 9.53. The Bertz CT molecular complexity index is 731. The lowest BCUT2D eigenvalue weighted by Gasteiger charge is -2.56. The maximum absolute atomic E-state index is 5.37. The molecule has 0 aliphatic heterocycles. The SMILES string of the molecule is S=C(NCc1ccco1)Nc1ccn(C23CC4CC(CC(C4)C2)C3)n1. The molecule has 0 aromatic carbocycles. The maximum Gasteiger partial charge on any atom is 0.172 e. The summed E-state index contributed by atoms with van der Waals surface area (Å²) in [5.74, 6) is 4.45. The van der Waals surface area contributed by atoms with E-state index in [0.29, 0.717) is 11.7 Å². The number of nitrogens with zero attached hydrogens (tertiary/aromatic N) is 2. The van der Waals surface area contributed by atoms with Crippen LogP contribution in [0.2, 0.25) is 0 Å². The monoisotopic (exact) mass is 356 g/mol. The molecule has 4 aliphatic carbocycles. The number of hydrogen-bond acceptors (Lipinski definition) is 3. The Balaban J connectivity index is 1.25. The number of aromatic nitrogens is 2. The average molecular weight is 356 g/mol. The smallest absolute Gasteiger partial charge is 0.172 e. The highest BCUT2D eigenvalue weighted by molar-refractivity contribution is 7.80. The van der Waals surface area contributed by atoms with Crippen LogP contribution in [0.4, 0.5) is 5.82 Å². The molecule has 0 unspecified atom stereocenters. The van der Waals surface area contributed by atoms with Crippen molar-refractivity contribution < 1.29 is 4.42 Å². The minimum absolute atomic E-state index is 0.262. The maximum atomic E-state index is 5.37. The lowest BCUT2D eigenvalue weighted by molar-refractivity contribution is -0.0492. The highest BCUT2D eigenvalue weighted by atomic mass is 32.1. The molecule has 2 N–H and O–H groups in total. The van der Waals surface area contributed by atoms with Gasteiger partial charge in [0.1, 0.15) is 5.76 Å². The average Bonchev–Trinajstić information content (AvgIpc) is 3.23. The highest BCUT2D eigenvalue weighted by Crippen LogP contribution is 2.58. The number of furan rings is 1. The van der Waals surface area contributed by atoms with Crippen LogP contribution in [0.5, 0.6) is 0 Å². The van der Waals surface area contributed by atoms with Crippen LogP contribution in [-0.4, -0.2) is 14.9 Å². The van der Waals surface area contributed by atoms with Crippen molar-refractivity contribution >= 4 is 23.1 Å². The second kappa shape index (κ2) is 5.87. The van der Waals surface area contributed by atoms with Gasteiger partial charge in [-0.15, -0.1) is 0 Å². The molecule has 25 heavy (non-hydrogen) atoms. The van der Waals surface area contributed by atoms with Crippen molar-refractivity contribution in [1.29, 1.82) is 0 Å². The van der Waals surface area contributed by atoms with Crippen LogP contribution in [0.15, 0.2) is 35.1 Å². The summed E-state index contributed by atoms with van der Waals surface area (Å²) in [6.07, 6.45) is 12.1. The van der Waals surface area contributed by atoms with Crippen LogP contribution in [0, 0.1) is 17.8 Å². The number of nitrogens with one attached hydrogen (secondary N) is 2. The first-order valence-corrected chi connectivity index (χ1v) is 9.73. The fourth-order valence-corrected chi connectivity index (χ4v) is 5.92. The molecule has 6 rings (SSSR count). The van der Waals surface area contributed by atoms with Gasteiger partial charge in [-0.1, -0.05) is 0 Å². The van der Waals surface area contributed by atoms with Gasteiger partial charge in [0, 0.05) is 12.3 Å². The van der Waals surface area contributed by atoms with Crippen LogP contribution in [0.25, 0.3) is 0 Å². The molecule has 4 aliphatic rings. The number of thiocarbonyl (C=S) groups is 1. The molecular weight excluding hydrogens is 332 g/mol. The second-order valence-corrected chi connectivity index (χ2v) is 8.58. The zero-order valence-corrected chi connectivity index (χ0v) is 15.1. The minimum atomic E-state index is 0.262. The molecule has 5 nitrogen and oxygen atoms in total. The van der Waals surface area contributed by atoms with E-state index >= 15 is 0 Å². The van der Waals surface area contributed by atoms with Gasteiger partial charge < -0.3 is 15.1 Å². The summed E-state index contributed by atoms with van der Waals surface area (Å²) in [6.45, 7) is 0.578. The van der Waals surface area contributed by atoms with Gasteiger partial charge in [-0.05, 0) is 80.6 Å². The van der Waals surface area contributed by atoms with Crippen molar-refractivity contribution in [1.82, 2.24) is 15.1 Å². The molecular formula is C19H24N4OS. The third-order valence-electron chi connectivity index (χ3n) is 6.33. The summed E-state index contributed by atoms with van der Waals surface area (Å²) >= 11 is 5.37. The van der Waals surface area contributed by atoms with Gasteiger partial charge in [-0.3, -0.25) is 4.68 Å². The quantitative estimate of drug-likeness (QED) is 0.814. The molecule has 2 aromatic rings. The Hall–Kier alpha value is -1.82. The Morgan fingerprint density at radius 2 is 1.92 bits per heavy atom. The molecule has 6 heteroatoms. The van der Waals surface area contributed by atoms with Gasteiger partial charge >= 0.3 is 0 Å². The van der Waals surface area contributed by atoms with Crippen molar-refractivity contribution in [3.8, 4) is 0 Å². The van der Waals surface area contributed by atoms with Crippen LogP contribution >= 0.6 is 12.2 Å². The van der Waals surface area contributed by atoms with E-state index in [9.17, 15) is 0 Å². The second-order valence-electron chi connectivity index (χ2n) is 8.17.